The van der Waals surface area contributed by atoms with Crippen LogP contribution in [0.25, 0.3) is 0 Å². The molecule has 14 nitrogen and oxygen atoms in total. The quantitative estimate of drug-likeness (QED) is 0.0733. The number of amides is 1. The Kier molecular flexibility index (Phi) is 13.2. The molecule has 300 valence electrons. The Morgan fingerprint density at radius 1 is 0.839 bits per heavy atom. The Morgan fingerprint density at radius 3 is 2.09 bits per heavy atom. The van der Waals surface area contributed by atoms with E-state index in [4.69, 9.17) is 35.2 Å². The second-order valence-electron chi connectivity index (χ2n) is 16.4. The fourth-order valence-electron chi connectivity index (χ4n) is 5.65. The third-order valence-corrected chi connectivity index (χ3v) is 7.85. The standard InChI is InChI=1S/C42H52N4O10/c1-40(2,3)54-33(47)22-30(38(51)56-42(7,8)9)27-20-31(35(48)45-23-24-12-14-25(15-13-24)36(49)55-41(4,5)6)34-32(21-27)53-37(50)29-17-16-28(46-39(43)44)19-26(29)11-10-18-52-34/h12-17,19-21,30H,10-11,18,22-23H2,1-9H3,(H,45,48)(H4,43,44,46)/t30-/m0/s1. The Morgan fingerprint density at radius 2 is 1.48 bits per heavy atom. The minimum absolute atomic E-state index is 0.0329. The number of carbonyl (C=O) groups excluding carboxylic acids is 5. The summed E-state index contributed by atoms with van der Waals surface area (Å²) in [6.07, 6.45) is 0.376. The molecule has 0 aliphatic carbocycles. The zero-order chi connectivity index (χ0) is 41.6. The van der Waals surface area contributed by atoms with E-state index >= 15 is 0 Å². The molecule has 4 rings (SSSR count). The number of nitrogens with one attached hydrogen (secondary N) is 1. The van der Waals surface area contributed by atoms with E-state index < -0.39 is 58.9 Å². The lowest BCUT2D eigenvalue weighted by atomic mass is 9.92. The maximum atomic E-state index is 14.1. The van der Waals surface area contributed by atoms with Gasteiger partial charge in [0.2, 0.25) is 0 Å². The average Bonchev–Trinajstić information content (AvgIpc) is 3.05. The zero-order valence-electron chi connectivity index (χ0n) is 33.5. The number of ether oxygens (including phenoxy) is 5. The summed E-state index contributed by atoms with van der Waals surface area (Å²) in [7, 11) is 0. The number of rotatable bonds is 9. The van der Waals surface area contributed by atoms with Crippen LogP contribution in [0.2, 0.25) is 0 Å². The minimum Gasteiger partial charge on any atom is -0.489 e. The van der Waals surface area contributed by atoms with Gasteiger partial charge in [0.15, 0.2) is 17.5 Å². The van der Waals surface area contributed by atoms with Crippen LogP contribution in [0, 0.1) is 0 Å². The molecule has 0 saturated heterocycles. The van der Waals surface area contributed by atoms with Gasteiger partial charge in [0, 0.05) is 6.54 Å². The van der Waals surface area contributed by atoms with Gasteiger partial charge >= 0.3 is 23.9 Å². The lowest BCUT2D eigenvalue weighted by molar-refractivity contribution is -0.164. The molecule has 0 radical (unpaired) electrons. The molecule has 14 heteroatoms. The van der Waals surface area contributed by atoms with Gasteiger partial charge in [-0.1, -0.05) is 12.1 Å². The molecular formula is C42H52N4O10. The van der Waals surface area contributed by atoms with Gasteiger partial charge in [-0.25, -0.2) is 14.6 Å². The molecule has 1 atom stereocenters. The van der Waals surface area contributed by atoms with Crippen LogP contribution < -0.4 is 26.3 Å². The molecule has 1 amide bonds. The molecule has 5 N–H and O–H groups in total. The predicted octanol–water partition coefficient (Wildman–Crippen LogP) is 6.18. The van der Waals surface area contributed by atoms with Crippen molar-refractivity contribution in [3.8, 4) is 11.5 Å². The van der Waals surface area contributed by atoms with Crippen molar-refractivity contribution in [1.82, 2.24) is 5.32 Å². The third kappa shape index (κ3) is 12.6. The number of fused-ring (bicyclic) bond motifs is 2. The number of nitrogens with two attached hydrogens (primary N) is 2. The second kappa shape index (κ2) is 17.3. The van der Waals surface area contributed by atoms with E-state index in [-0.39, 0.29) is 47.3 Å². The Bertz CT molecular complexity index is 2000. The summed E-state index contributed by atoms with van der Waals surface area (Å²) in [5.41, 5.74) is 11.1. The van der Waals surface area contributed by atoms with Crippen molar-refractivity contribution in [2.24, 2.45) is 16.5 Å². The summed E-state index contributed by atoms with van der Waals surface area (Å²) in [6.45, 7) is 15.6. The summed E-state index contributed by atoms with van der Waals surface area (Å²) in [5.74, 6) is -4.94. The molecule has 1 aliphatic rings. The minimum atomic E-state index is -1.27. The first kappa shape index (κ1) is 42.8. The number of aliphatic imine (C=N–C) groups is 1. The van der Waals surface area contributed by atoms with E-state index in [1.54, 1.807) is 105 Å². The molecule has 1 aliphatic heterocycles. The molecule has 0 bridgehead atoms. The molecule has 0 spiro atoms. The highest BCUT2D eigenvalue weighted by Crippen LogP contribution is 2.39. The van der Waals surface area contributed by atoms with Crippen LogP contribution in [-0.2, 0) is 36.8 Å². The number of hydrogen-bond acceptors (Lipinski definition) is 11. The smallest absolute Gasteiger partial charge is 0.343 e. The van der Waals surface area contributed by atoms with Crippen LogP contribution in [0.15, 0.2) is 59.6 Å². The molecule has 0 aromatic heterocycles. The molecule has 1 heterocycles. The molecule has 3 aromatic rings. The summed E-state index contributed by atoms with van der Waals surface area (Å²) >= 11 is 0. The summed E-state index contributed by atoms with van der Waals surface area (Å²) in [5, 5.41) is 2.85. The molecule has 56 heavy (non-hydrogen) atoms. The van der Waals surface area contributed by atoms with Gasteiger partial charge < -0.3 is 40.5 Å². The first-order valence-corrected chi connectivity index (χ1v) is 18.3. The van der Waals surface area contributed by atoms with E-state index in [2.05, 4.69) is 10.3 Å². The Hall–Kier alpha value is -5.92. The number of carbonyl (C=O) groups is 5. The van der Waals surface area contributed by atoms with Crippen LogP contribution in [-0.4, -0.2) is 59.2 Å². The fourth-order valence-corrected chi connectivity index (χ4v) is 5.65. The summed E-state index contributed by atoms with van der Waals surface area (Å²) < 4.78 is 28.9. The van der Waals surface area contributed by atoms with Gasteiger partial charge in [0.05, 0.1) is 41.3 Å². The molecule has 3 aromatic carbocycles. The van der Waals surface area contributed by atoms with Crippen molar-refractivity contribution in [3.63, 3.8) is 0 Å². The van der Waals surface area contributed by atoms with Crippen LogP contribution in [0.1, 0.15) is 129 Å². The first-order valence-electron chi connectivity index (χ1n) is 18.3. The topological polar surface area (TPSA) is 208 Å². The maximum absolute atomic E-state index is 14.1. The number of nitrogens with zero attached hydrogens (tertiary/aromatic N) is 1. The first-order chi connectivity index (χ1) is 26.0. The SMILES string of the molecule is CC(C)(C)OC(=O)C[C@H](C(=O)OC(C)(C)C)c1cc2c(c(C(=O)NCc3ccc(C(=O)OC(C)(C)C)cc3)c1)OCCCc1cc(N=C(N)N)ccc1C(=O)O2. The Labute approximate surface area is 327 Å². The van der Waals surface area contributed by atoms with Gasteiger partial charge in [-0.3, -0.25) is 14.4 Å². The van der Waals surface area contributed by atoms with E-state index in [0.29, 0.717) is 35.2 Å². The van der Waals surface area contributed by atoms with Crippen molar-refractivity contribution in [1.29, 1.82) is 0 Å². The van der Waals surface area contributed by atoms with E-state index in [1.807, 2.05) is 0 Å². The monoisotopic (exact) mass is 772 g/mol. The van der Waals surface area contributed by atoms with Gasteiger partial charge in [-0.05, 0) is 134 Å². The highest BCUT2D eigenvalue weighted by atomic mass is 16.6. The van der Waals surface area contributed by atoms with Crippen molar-refractivity contribution >= 4 is 41.4 Å². The van der Waals surface area contributed by atoms with Crippen LogP contribution in [0.4, 0.5) is 5.69 Å². The number of guanidine groups is 1. The van der Waals surface area contributed by atoms with Gasteiger partial charge in [0.25, 0.3) is 5.91 Å². The third-order valence-electron chi connectivity index (χ3n) is 7.85. The molecule has 0 saturated carbocycles. The normalized spacial score (nSPS) is 13.7. The van der Waals surface area contributed by atoms with Crippen LogP contribution >= 0.6 is 0 Å². The molecule has 0 fully saturated rings. The highest BCUT2D eigenvalue weighted by molar-refractivity contribution is 6.00. The number of esters is 4. The lowest BCUT2D eigenvalue weighted by Crippen LogP contribution is -2.31. The summed E-state index contributed by atoms with van der Waals surface area (Å²) in [4.78, 5) is 71.6. The second-order valence-corrected chi connectivity index (χ2v) is 16.4. The highest BCUT2D eigenvalue weighted by Gasteiger charge is 2.34. The largest absolute Gasteiger partial charge is 0.489 e. The van der Waals surface area contributed by atoms with Crippen molar-refractivity contribution < 1.29 is 47.7 Å². The summed E-state index contributed by atoms with van der Waals surface area (Å²) in [6, 6.07) is 14.2. The van der Waals surface area contributed by atoms with Crippen molar-refractivity contribution in [2.75, 3.05) is 6.61 Å². The Balaban J connectivity index is 1.79. The van der Waals surface area contributed by atoms with E-state index in [9.17, 15) is 24.0 Å². The number of hydrogen-bond donors (Lipinski definition) is 3. The average molecular weight is 773 g/mol. The fraction of sp³-hybridized carbons (Fsp3) is 0.429. The van der Waals surface area contributed by atoms with Gasteiger partial charge in [-0.15, -0.1) is 0 Å². The van der Waals surface area contributed by atoms with Crippen LogP contribution in [0.5, 0.6) is 11.5 Å². The van der Waals surface area contributed by atoms with E-state index in [1.165, 1.54) is 12.1 Å². The molecular weight excluding hydrogens is 720 g/mol. The van der Waals surface area contributed by atoms with Gasteiger partial charge in [-0.2, -0.15) is 0 Å². The molecule has 0 unspecified atom stereocenters. The lowest BCUT2D eigenvalue weighted by Gasteiger charge is -2.26. The predicted molar refractivity (Wildman–Crippen MR) is 209 cm³/mol. The zero-order valence-corrected chi connectivity index (χ0v) is 33.5. The van der Waals surface area contributed by atoms with Crippen LogP contribution in [0.3, 0.4) is 0 Å². The van der Waals surface area contributed by atoms with Crippen molar-refractivity contribution in [2.45, 2.75) is 111 Å². The van der Waals surface area contributed by atoms with E-state index in [0.717, 1.165) is 0 Å². The number of aryl methyl sites for hydroxylation is 1. The van der Waals surface area contributed by atoms with Gasteiger partial charge in [0.1, 0.15) is 16.8 Å². The number of benzene rings is 3. The van der Waals surface area contributed by atoms with Crippen molar-refractivity contribution in [3.05, 3.63) is 88.0 Å². The maximum Gasteiger partial charge on any atom is 0.343 e.